The van der Waals surface area contributed by atoms with Crippen LogP contribution in [0.3, 0.4) is 0 Å². The Labute approximate surface area is 505 Å². The maximum Gasteiger partial charge on any atom is 0.472 e. The van der Waals surface area contributed by atoms with Crippen molar-refractivity contribution in [1.29, 1.82) is 0 Å². The smallest absolute Gasteiger partial charge is 0.462 e. The van der Waals surface area contributed by atoms with Crippen LogP contribution >= 0.6 is 7.82 Å². The number of quaternary nitrogens is 1. The van der Waals surface area contributed by atoms with Crippen LogP contribution in [0, 0.1) is 0 Å². The standard InChI is InChI=1S/C72H124NO8P/c1-6-8-10-12-14-16-18-20-22-24-26-28-30-32-33-34-35-36-37-38-39-41-43-45-47-49-51-53-55-57-59-61-63-65-72(75)81-70(69-80-82(76,77)79-67-66-73(3,4)5)68-78-71(74)64-62-60-58-56-54-52-50-48-46-44-42-40-31-29-27-25-23-21-19-17-15-13-11-9-7-2/h8,10,14,16,19-22,25-28,32-33,35-36,38-39,43,45,70H,6-7,9,11-13,15,17-18,23-24,29-31,34,37,40-42,44,46-69H2,1-5H3/p+1/b10-8-,16-14-,21-19-,22-20-,27-25-,28-26-,33-32-,36-35-,39-38-,45-43-. The summed E-state index contributed by atoms with van der Waals surface area (Å²) >= 11 is 0. The fourth-order valence-corrected chi connectivity index (χ4v) is 9.63. The van der Waals surface area contributed by atoms with Crippen molar-refractivity contribution in [1.82, 2.24) is 0 Å². The highest BCUT2D eigenvalue weighted by Crippen LogP contribution is 2.43. The van der Waals surface area contributed by atoms with E-state index in [1.165, 1.54) is 135 Å². The van der Waals surface area contributed by atoms with E-state index in [1.54, 1.807) is 0 Å². The first-order valence-corrected chi connectivity index (χ1v) is 34.8. The van der Waals surface area contributed by atoms with Gasteiger partial charge in [0.2, 0.25) is 0 Å². The first-order chi connectivity index (χ1) is 40.0. The van der Waals surface area contributed by atoms with Gasteiger partial charge in [-0.3, -0.25) is 18.6 Å². The zero-order chi connectivity index (χ0) is 59.8. The highest BCUT2D eigenvalue weighted by atomic mass is 31.2. The lowest BCUT2D eigenvalue weighted by atomic mass is 10.0. The summed E-state index contributed by atoms with van der Waals surface area (Å²) in [5, 5.41) is 0. The van der Waals surface area contributed by atoms with Gasteiger partial charge in [0.1, 0.15) is 19.8 Å². The summed E-state index contributed by atoms with van der Waals surface area (Å²) in [5.74, 6) is -0.809. The number of hydrogen-bond donors (Lipinski definition) is 1. The average molecular weight is 1160 g/mol. The van der Waals surface area contributed by atoms with E-state index in [0.29, 0.717) is 17.4 Å². The van der Waals surface area contributed by atoms with Crippen molar-refractivity contribution < 1.29 is 42.1 Å². The van der Waals surface area contributed by atoms with E-state index in [0.717, 1.165) is 103 Å². The number of carbonyl (C=O) groups is 2. The molecule has 0 fully saturated rings. The second-order valence-corrected chi connectivity index (χ2v) is 24.6. The lowest BCUT2D eigenvalue weighted by molar-refractivity contribution is -0.870. The van der Waals surface area contributed by atoms with Crippen molar-refractivity contribution in [2.24, 2.45) is 0 Å². The number of hydrogen-bond acceptors (Lipinski definition) is 7. The van der Waals surface area contributed by atoms with E-state index in [-0.39, 0.29) is 32.0 Å². The van der Waals surface area contributed by atoms with Gasteiger partial charge in [-0.05, 0) is 109 Å². The molecule has 2 atom stereocenters. The van der Waals surface area contributed by atoms with E-state index in [9.17, 15) is 19.0 Å². The van der Waals surface area contributed by atoms with Crippen LogP contribution in [0.25, 0.3) is 0 Å². The molecule has 0 aliphatic carbocycles. The molecule has 10 heteroatoms. The summed E-state index contributed by atoms with van der Waals surface area (Å²) < 4.78 is 34.7. The van der Waals surface area contributed by atoms with Crippen molar-refractivity contribution in [2.45, 2.75) is 277 Å². The number of rotatable bonds is 60. The Morgan fingerprint density at radius 2 is 0.695 bits per heavy atom. The van der Waals surface area contributed by atoms with Crippen LogP contribution in [-0.4, -0.2) is 74.9 Å². The Kier molecular flexibility index (Phi) is 59.2. The molecule has 82 heavy (non-hydrogen) atoms. The lowest BCUT2D eigenvalue weighted by Crippen LogP contribution is -2.37. The average Bonchev–Trinajstić information content (AvgIpc) is 3.46. The Bertz CT molecular complexity index is 1800. The number of carbonyl (C=O) groups excluding carboxylic acids is 2. The molecule has 0 aliphatic rings. The number of allylic oxidation sites excluding steroid dienone is 20. The SMILES string of the molecule is CC/C=C\C/C=C\C/C=C\C/C=C\C/C=C\C/C=C\C/C=C\C/C=C\CCCCCCCCCCC(=O)OC(COC(=O)CCCCCCCCCCCCCCC/C=C\C/C=C\CCCCCCC)COP(=O)(O)OCC[N+](C)(C)C. The summed E-state index contributed by atoms with van der Waals surface area (Å²) in [5.41, 5.74) is 0. The Hall–Kier alpha value is -3.59. The van der Waals surface area contributed by atoms with Crippen molar-refractivity contribution in [2.75, 3.05) is 47.5 Å². The number of ether oxygens (including phenoxy) is 2. The molecule has 0 bridgehead atoms. The third-order valence-corrected chi connectivity index (χ3v) is 15.0. The van der Waals surface area contributed by atoms with Gasteiger partial charge in [-0.1, -0.05) is 270 Å². The van der Waals surface area contributed by atoms with Crippen molar-refractivity contribution in [3.05, 3.63) is 122 Å². The summed E-state index contributed by atoms with van der Waals surface area (Å²) in [6, 6.07) is 0. The summed E-state index contributed by atoms with van der Waals surface area (Å²) in [6.45, 7) is 4.31. The Morgan fingerprint density at radius 1 is 0.390 bits per heavy atom. The van der Waals surface area contributed by atoms with Crippen LogP contribution in [0.1, 0.15) is 271 Å². The van der Waals surface area contributed by atoms with Gasteiger partial charge in [-0.25, -0.2) is 4.57 Å². The van der Waals surface area contributed by atoms with Gasteiger partial charge >= 0.3 is 19.8 Å². The fraction of sp³-hybridized carbons (Fsp3) is 0.694. The van der Waals surface area contributed by atoms with Crippen LogP contribution in [0.2, 0.25) is 0 Å². The summed E-state index contributed by atoms with van der Waals surface area (Å²) in [4.78, 5) is 35.8. The normalized spacial score (nSPS) is 14.0. The van der Waals surface area contributed by atoms with Gasteiger partial charge in [0, 0.05) is 12.8 Å². The Morgan fingerprint density at radius 3 is 1.04 bits per heavy atom. The van der Waals surface area contributed by atoms with E-state index in [1.807, 2.05) is 21.1 Å². The highest BCUT2D eigenvalue weighted by Gasteiger charge is 2.27. The van der Waals surface area contributed by atoms with Crippen molar-refractivity contribution in [3.8, 4) is 0 Å². The molecular formula is C72H125NO8P+. The molecule has 0 aliphatic heterocycles. The summed E-state index contributed by atoms with van der Waals surface area (Å²) in [6.07, 6.45) is 88.5. The van der Waals surface area contributed by atoms with Gasteiger partial charge in [0.15, 0.2) is 6.10 Å². The lowest BCUT2D eigenvalue weighted by Gasteiger charge is -2.24. The van der Waals surface area contributed by atoms with Gasteiger partial charge in [-0.2, -0.15) is 0 Å². The topological polar surface area (TPSA) is 108 Å². The Balaban J connectivity index is 4.15. The molecule has 0 amide bonds. The molecule has 0 aromatic heterocycles. The maximum absolute atomic E-state index is 12.9. The van der Waals surface area contributed by atoms with Gasteiger partial charge in [0.25, 0.3) is 0 Å². The van der Waals surface area contributed by atoms with Gasteiger partial charge < -0.3 is 18.9 Å². The molecule has 0 heterocycles. The number of nitrogens with zero attached hydrogens (tertiary/aromatic N) is 1. The largest absolute Gasteiger partial charge is 0.472 e. The van der Waals surface area contributed by atoms with Gasteiger partial charge in [-0.15, -0.1) is 0 Å². The summed E-state index contributed by atoms with van der Waals surface area (Å²) in [7, 11) is 1.46. The van der Waals surface area contributed by atoms with Crippen molar-refractivity contribution in [3.63, 3.8) is 0 Å². The van der Waals surface area contributed by atoms with E-state index in [4.69, 9.17) is 18.5 Å². The molecule has 0 spiro atoms. The maximum atomic E-state index is 12.9. The predicted molar refractivity (Wildman–Crippen MR) is 353 cm³/mol. The number of phosphoric ester groups is 1. The van der Waals surface area contributed by atoms with Crippen LogP contribution < -0.4 is 0 Å². The fourth-order valence-electron chi connectivity index (χ4n) is 8.89. The number of esters is 2. The number of unbranched alkanes of at least 4 members (excludes halogenated alkanes) is 26. The van der Waals surface area contributed by atoms with E-state index in [2.05, 4.69) is 135 Å². The molecule has 2 unspecified atom stereocenters. The van der Waals surface area contributed by atoms with Gasteiger partial charge in [0.05, 0.1) is 27.7 Å². The second kappa shape index (κ2) is 62.0. The first kappa shape index (κ1) is 78.4. The van der Waals surface area contributed by atoms with Crippen molar-refractivity contribution >= 4 is 19.8 Å². The zero-order valence-corrected chi connectivity index (χ0v) is 54.3. The number of phosphoric acid groups is 1. The minimum Gasteiger partial charge on any atom is -0.462 e. The molecule has 1 N–H and O–H groups in total. The molecule has 0 aromatic carbocycles. The molecule has 9 nitrogen and oxygen atoms in total. The van der Waals surface area contributed by atoms with E-state index >= 15 is 0 Å². The zero-order valence-electron chi connectivity index (χ0n) is 53.4. The van der Waals surface area contributed by atoms with E-state index < -0.39 is 26.5 Å². The second-order valence-electron chi connectivity index (χ2n) is 23.1. The molecule has 0 radical (unpaired) electrons. The molecule has 0 aromatic rings. The first-order valence-electron chi connectivity index (χ1n) is 33.3. The molecular weight excluding hydrogens is 1040 g/mol. The number of likely N-dealkylation sites (N-methyl/N-ethyl adjacent to an activating group) is 1. The quantitative estimate of drug-likeness (QED) is 0.0211. The molecule has 0 rings (SSSR count). The minimum absolute atomic E-state index is 0.0244. The van der Waals surface area contributed by atoms with Crippen LogP contribution in [-0.2, 0) is 32.7 Å². The third-order valence-electron chi connectivity index (χ3n) is 14.0. The highest BCUT2D eigenvalue weighted by molar-refractivity contribution is 7.47. The molecule has 0 saturated carbocycles. The monoisotopic (exact) mass is 1160 g/mol. The van der Waals surface area contributed by atoms with Crippen LogP contribution in [0.4, 0.5) is 0 Å². The minimum atomic E-state index is -4.40. The third kappa shape index (κ3) is 65.6. The molecule has 0 saturated heterocycles. The van der Waals surface area contributed by atoms with Crippen LogP contribution in [0.5, 0.6) is 0 Å². The van der Waals surface area contributed by atoms with Crippen LogP contribution in [0.15, 0.2) is 122 Å². The molecule has 470 valence electrons. The predicted octanol–water partition coefficient (Wildman–Crippen LogP) is 21.5.